The predicted molar refractivity (Wildman–Crippen MR) is 53.6 cm³/mol. The largest absolute Gasteiger partial charge is 0.325 e. The van der Waals surface area contributed by atoms with E-state index in [0.717, 1.165) is 0 Å². The average molecular weight is 246 g/mol. The monoisotopic (exact) mass is 245 g/mol. The molecule has 1 aromatic carbocycles. The minimum Gasteiger partial charge on any atom is -0.325 e. The van der Waals surface area contributed by atoms with Crippen LogP contribution in [0, 0.1) is 12.7 Å². The number of carbonyl (C=O) groups excluding carboxylic acids is 1. The molecule has 0 aromatic heterocycles. The summed E-state index contributed by atoms with van der Waals surface area (Å²) in [5.74, 6) is -0.499. The summed E-state index contributed by atoms with van der Waals surface area (Å²) in [6, 6.07) is 4.59. The number of hydrogen-bond acceptors (Lipinski definition) is 1. The van der Waals surface area contributed by atoms with Crippen LogP contribution in [0.25, 0.3) is 0 Å². The number of amides is 1. The van der Waals surface area contributed by atoms with Crippen LogP contribution in [-0.4, -0.2) is 11.2 Å². The van der Waals surface area contributed by atoms with Gasteiger partial charge in [-0.05, 0) is 19.1 Å². The topological polar surface area (TPSA) is 29.1 Å². The molecule has 0 atom stereocenters. The molecule has 0 fully saturated rings. The fourth-order valence-electron chi connectivity index (χ4n) is 0.926. The van der Waals surface area contributed by atoms with Crippen LogP contribution in [0.4, 0.5) is 10.1 Å². The summed E-state index contributed by atoms with van der Waals surface area (Å²) in [7, 11) is 0. The second-order valence-electron chi connectivity index (χ2n) is 2.59. The predicted octanol–water partition coefficient (Wildman–Crippen LogP) is 2.47. The Morgan fingerprint density at radius 3 is 2.92 bits per heavy atom. The molecule has 70 valence electrons. The molecule has 13 heavy (non-hydrogen) atoms. The molecule has 4 heteroatoms. The van der Waals surface area contributed by atoms with Gasteiger partial charge < -0.3 is 5.32 Å². The molecule has 0 aliphatic heterocycles. The molecule has 1 amide bonds. The van der Waals surface area contributed by atoms with Crippen LogP contribution in [0.2, 0.25) is 0 Å². The Morgan fingerprint density at radius 2 is 2.31 bits per heavy atom. The van der Waals surface area contributed by atoms with E-state index in [2.05, 4.69) is 21.2 Å². The fourth-order valence-corrected chi connectivity index (χ4v) is 1.07. The maximum absolute atomic E-state index is 13.0. The lowest BCUT2D eigenvalue weighted by Gasteiger charge is -2.06. The van der Waals surface area contributed by atoms with E-state index in [1.807, 2.05) is 0 Å². The SMILES string of the molecule is Cc1c(F)cccc1NC(=O)CBr. The lowest BCUT2D eigenvalue weighted by molar-refractivity contribution is -0.113. The molecule has 0 radical (unpaired) electrons. The zero-order valence-electron chi connectivity index (χ0n) is 7.10. The number of halogens is 2. The van der Waals surface area contributed by atoms with Crippen molar-refractivity contribution in [1.82, 2.24) is 0 Å². The van der Waals surface area contributed by atoms with Crippen molar-refractivity contribution in [3.63, 3.8) is 0 Å². The normalized spacial score (nSPS) is 9.77. The molecule has 0 unspecified atom stereocenters. The van der Waals surface area contributed by atoms with E-state index in [9.17, 15) is 9.18 Å². The zero-order chi connectivity index (χ0) is 9.84. The number of anilines is 1. The number of nitrogens with one attached hydrogen (secondary N) is 1. The van der Waals surface area contributed by atoms with Gasteiger partial charge in [0.2, 0.25) is 5.91 Å². The number of rotatable bonds is 2. The van der Waals surface area contributed by atoms with Gasteiger partial charge in [0, 0.05) is 11.3 Å². The molecule has 2 nitrogen and oxygen atoms in total. The quantitative estimate of drug-likeness (QED) is 0.798. The first-order chi connectivity index (χ1) is 6.15. The molecule has 1 N–H and O–H groups in total. The van der Waals surface area contributed by atoms with Gasteiger partial charge >= 0.3 is 0 Å². The molecule has 1 aromatic rings. The molecule has 0 saturated heterocycles. The molecule has 0 aliphatic carbocycles. The zero-order valence-corrected chi connectivity index (χ0v) is 8.69. The first kappa shape index (κ1) is 10.2. The highest BCUT2D eigenvalue weighted by Crippen LogP contribution is 2.17. The van der Waals surface area contributed by atoms with Gasteiger partial charge in [0.25, 0.3) is 0 Å². The maximum atomic E-state index is 13.0. The molecule has 0 saturated carbocycles. The number of alkyl halides is 1. The van der Waals surface area contributed by atoms with Crippen LogP contribution in [-0.2, 0) is 4.79 Å². The van der Waals surface area contributed by atoms with Crippen molar-refractivity contribution in [3.05, 3.63) is 29.6 Å². The Hall–Kier alpha value is -0.900. The van der Waals surface area contributed by atoms with Crippen LogP contribution in [0.5, 0.6) is 0 Å². The van der Waals surface area contributed by atoms with Crippen molar-refractivity contribution in [2.45, 2.75) is 6.92 Å². The van der Waals surface area contributed by atoms with Gasteiger partial charge in [-0.15, -0.1) is 0 Å². The lowest BCUT2D eigenvalue weighted by atomic mass is 10.2. The van der Waals surface area contributed by atoms with Crippen molar-refractivity contribution in [2.24, 2.45) is 0 Å². The summed E-state index contributed by atoms with van der Waals surface area (Å²) in [4.78, 5) is 11.0. The van der Waals surface area contributed by atoms with Gasteiger partial charge in [-0.25, -0.2) is 4.39 Å². The Bertz CT molecular complexity index is 327. The minimum absolute atomic E-state index is 0.186. The van der Waals surface area contributed by atoms with E-state index in [1.165, 1.54) is 6.07 Å². The molecular weight excluding hydrogens is 237 g/mol. The molecule has 0 aliphatic rings. The lowest BCUT2D eigenvalue weighted by Crippen LogP contribution is -2.13. The van der Waals surface area contributed by atoms with E-state index in [-0.39, 0.29) is 17.1 Å². The Morgan fingerprint density at radius 1 is 1.62 bits per heavy atom. The second-order valence-corrected chi connectivity index (χ2v) is 3.15. The molecule has 0 bridgehead atoms. The fraction of sp³-hybridized carbons (Fsp3) is 0.222. The third kappa shape index (κ3) is 2.52. The third-order valence-corrected chi connectivity index (χ3v) is 2.17. The van der Waals surface area contributed by atoms with Crippen LogP contribution in [0.1, 0.15) is 5.56 Å². The summed E-state index contributed by atoms with van der Waals surface area (Å²) < 4.78 is 13.0. The van der Waals surface area contributed by atoms with Gasteiger partial charge in [0.15, 0.2) is 0 Å². The standard InChI is InChI=1S/C9H9BrFNO/c1-6-7(11)3-2-4-8(6)12-9(13)5-10/h2-4H,5H2,1H3,(H,12,13). The van der Waals surface area contributed by atoms with Crippen molar-refractivity contribution in [2.75, 3.05) is 10.6 Å². The van der Waals surface area contributed by atoms with Crippen LogP contribution in [0.15, 0.2) is 18.2 Å². The summed E-state index contributed by atoms with van der Waals surface area (Å²) in [6.07, 6.45) is 0. The Labute approximate surface area is 84.3 Å². The highest BCUT2D eigenvalue weighted by Gasteiger charge is 2.05. The van der Waals surface area contributed by atoms with Crippen molar-refractivity contribution >= 4 is 27.5 Å². The van der Waals surface area contributed by atoms with E-state index < -0.39 is 0 Å². The first-order valence-corrected chi connectivity index (χ1v) is 4.88. The summed E-state index contributed by atoms with van der Waals surface area (Å²) in [5, 5.41) is 2.79. The van der Waals surface area contributed by atoms with Gasteiger partial charge in [0.1, 0.15) is 5.82 Å². The van der Waals surface area contributed by atoms with Gasteiger partial charge in [-0.3, -0.25) is 4.79 Å². The van der Waals surface area contributed by atoms with Gasteiger partial charge in [-0.1, -0.05) is 22.0 Å². The van der Waals surface area contributed by atoms with E-state index in [1.54, 1.807) is 19.1 Å². The molecule has 1 rings (SSSR count). The Kier molecular flexibility index (Phi) is 3.42. The summed E-state index contributed by atoms with van der Waals surface area (Å²) >= 11 is 3.01. The number of carbonyl (C=O) groups is 1. The molecule has 0 heterocycles. The third-order valence-electron chi connectivity index (χ3n) is 1.66. The molecule has 0 spiro atoms. The summed E-state index contributed by atoms with van der Waals surface area (Å²) in [6.45, 7) is 1.62. The van der Waals surface area contributed by atoms with Gasteiger partial charge in [0.05, 0.1) is 5.33 Å². The van der Waals surface area contributed by atoms with E-state index >= 15 is 0 Å². The Balaban J connectivity index is 2.89. The molecular formula is C9H9BrFNO. The summed E-state index contributed by atoms with van der Waals surface area (Å²) in [5.41, 5.74) is 0.973. The highest BCUT2D eigenvalue weighted by atomic mass is 79.9. The average Bonchev–Trinajstić information content (AvgIpc) is 2.13. The maximum Gasteiger partial charge on any atom is 0.235 e. The highest BCUT2D eigenvalue weighted by molar-refractivity contribution is 9.09. The number of hydrogen-bond donors (Lipinski definition) is 1. The van der Waals surface area contributed by atoms with E-state index in [4.69, 9.17) is 0 Å². The van der Waals surface area contributed by atoms with Crippen LogP contribution < -0.4 is 5.32 Å². The van der Waals surface area contributed by atoms with Crippen LogP contribution >= 0.6 is 15.9 Å². The van der Waals surface area contributed by atoms with Crippen LogP contribution in [0.3, 0.4) is 0 Å². The van der Waals surface area contributed by atoms with E-state index in [0.29, 0.717) is 11.3 Å². The van der Waals surface area contributed by atoms with Crippen molar-refractivity contribution in [3.8, 4) is 0 Å². The smallest absolute Gasteiger partial charge is 0.235 e. The van der Waals surface area contributed by atoms with Crippen molar-refractivity contribution in [1.29, 1.82) is 0 Å². The first-order valence-electron chi connectivity index (χ1n) is 3.76. The van der Waals surface area contributed by atoms with Crippen molar-refractivity contribution < 1.29 is 9.18 Å². The van der Waals surface area contributed by atoms with Gasteiger partial charge in [-0.2, -0.15) is 0 Å². The number of benzene rings is 1. The second kappa shape index (κ2) is 4.37. The minimum atomic E-state index is -0.313.